The minimum Gasteiger partial charge on any atom is -0.395 e. The summed E-state index contributed by atoms with van der Waals surface area (Å²) in [6.07, 6.45) is 0.463. The van der Waals surface area contributed by atoms with E-state index in [-0.39, 0.29) is 11.5 Å². The Morgan fingerprint density at radius 1 is 1.50 bits per heavy atom. The Balaban J connectivity index is 2.94. The number of hydrogen-bond donors (Lipinski definition) is 2. The molecule has 4 nitrogen and oxygen atoms in total. The van der Waals surface area contributed by atoms with Gasteiger partial charge in [0.15, 0.2) is 0 Å². The minimum atomic E-state index is -3.76. The van der Waals surface area contributed by atoms with E-state index in [1.165, 1.54) is 18.2 Å². The number of hydrogen-bond acceptors (Lipinski definition) is 3. The molecule has 0 amide bonds. The second kappa shape index (κ2) is 5.38. The second-order valence-electron chi connectivity index (χ2n) is 3.37. The molecule has 1 aromatic carbocycles. The maximum Gasteiger partial charge on any atom is 0.240 e. The zero-order valence-electron chi connectivity index (χ0n) is 8.85. The first-order chi connectivity index (χ1) is 7.49. The third-order valence-electron chi connectivity index (χ3n) is 2.14. The summed E-state index contributed by atoms with van der Waals surface area (Å²) in [6.45, 7) is 1.46. The first-order valence-corrected chi connectivity index (χ1v) is 6.36. The van der Waals surface area contributed by atoms with E-state index in [1.807, 2.05) is 0 Å². The molecule has 0 radical (unpaired) electrons. The van der Waals surface area contributed by atoms with Crippen LogP contribution in [0.3, 0.4) is 0 Å². The van der Waals surface area contributed by atoms with Crippen LogP contribution in [0.15, 0.2) is 29.2 Å². The van der Waals surface area contributed by atoms with Crippen LogP contribution in [0.4, 0.5) is 4.39 Å². The van der Waals surface area contributed by atoms with Gasteiger partial charge in [-0.05, 0) is 24.6 Å². The monoisotopic (exact) mass is 247 g/mol. The van der Waals surface area contributed by atoms with Gasteiger partial charge < -0.3 is 5.11 Å². The Bertz CT molecular complexity index is 443. The fraction of sp³-hybridized carbons (Fsp3) is 0.400. The highest BCUT2D eigenvalue weighted by Gasteiger charge is 2.18. The van der Waals surface area contributed by atoms with Gasteiger partial charge in [0.1, 0.15) is 5.82 Å². The molecule has 0 aliphatic heterocycles. The van der Waals surface area contributed by atoms with Crippen LogP contribution in [-0.2, 0) is 10.0 Å². The maximum atomic E-state index is 12.9. The Morgan fingerprint density at radius 2 is 2.19 bits per heavy atom. The topological polar surface area (TPSA) is 66.4 Å². The molecule has 1 unspecified atom stereocenters. The summed E-state index contributed by atoms with van der Waals surface area (Å²) in [6, 6.07) is 4.18. The van der Waals surface area contributed by atoms with E-state index in [0.29, 0.717) is 6.42 Å². The molecule has 90 valence electrons. The number of halogens is 1. The fourth-order valence-electron chi connectivity index (χ4n) is 1.17. The molecule has 1 atom stereocenters. The number of nitrogens with one attached hydrogen (secondary N) is 1. The third kappa shape index (κ3) is 3.26. The zero-order chi connectivity index (χ0) is 12.2. The lowest BCUT2D eigenvalue weighted by atomic mass is 10.3. The van der Waals surface area contributed by atoms with Crippen molar-refractivity contribution in [3.05, 3.63) is 30.1 Å². The fourth-order valence-corrected chi connectivity index (χ4v) is 2.51. The summed E-state index contributed by atoms with van der Waals surface area (Å²) in [5.74, 6) is -0.611. The Labute approximate surface area is 94.2 Å². The van der Waals surface area contributed by atoms with Gasteiger partial charge in [-0.15, -0.1) is 0 Å². The summed E-state index contributed by atoms with van der Waals surface area (Å²) in [7, 11) is -3.76. The number of aliphatic hydroxyl groups is 1. The van der Waals surface area contributed by atoms with Crippen LogP contribution in [0.5, 0.6) is 0 Å². The van der Waals surface area contributed by atoms with Crippen LogP contribution >= 0.6 is 0 Å². The molecule has 0 aliphatic carbocycles. The lowest BCUT2D eigenvalue weighted by Crippen LogP contribution is -2.36. The molecular weight excluding hydrogens is 233 g/mol. The van der Waals surface area contributed by atoms with Crippen molar-refractivity contribution in [3.8, 4) is 0 Å². The lowest BCUT2D eigenvalue weighted by Gasteiger charge is -2.14. The smallest absolute Gasteiger partial charge is 0.240 e. The normalized spacial score (nSPS) is 13.7. The van der Waals surface area contributed by atoms with E-state index in [2.05, 4.69) is 4.72 Å². The largest absolute Gasteiger partial charge is 0.395 e. The van der Waals surface area contributed by atoms with Crippen molar-refractivity contribution in [2.75, 3.05) is 6.61 Å². The molecule has 0 fully saturated rings. The van der Waals surface area contributed by atoms with Gasteiger partial charge in [-0.1, -0.05) is 13.0 Å². The van der Waals surface area contributed by atoms with E-state index < -0.39 is 21.9 Å². The number of sulfonamides is 1. The zero-order valence-corrected chi connectivity index (χ0v) is 9.67. The third-order valence-corrected chi connectivity index (χ3v) is 3.66. The Hall–Kier alpha value is -0.980. The SMILES string of the molecule is CCC(CO)NS(=O)(=O)c1cccc(F)c1. The van der Waals surface area contributed by atoms with Crippen molar-refractivity contribution in [2.24, 2.45) is 0 Å². The van der Waals surface area contributed by atoms with Gasteiger partial charge in [0.2, 0.25) is 10.0 Å². The second-order valence-corrected chi connectivity index (χ2v) is 5.08. The van der Waals surface area contributed by atoms with Gasteiger partial charge in [0, 0.05) is 6.04 Å². The Morgan fingerprint density at radius 3 is 2.69 bits per heavy atom. The van der Waals surface area contributed by atoms with E-state index >= 15 is 0 Å². The average molecular weight is 247 g/mol. The molecule has 1 rings (SSSR count). The standard InChI is InChI=1S/C10H14FNO3S/c1-2-9(7-13)12-16(14,15)10-5-3-4-8(11)6-10/h3-6,9,12-13H,2,7H2,1H3. The van der Waals surface area contributed by atoms with Crippen LogP contribution < -0.4 is 4.72 Å². The molecule has 0 saturated heterocycles. The van der Waals surface area contributed by atoms with E-state index in [4.69, 9.17) is 5.11 Å². The van der Waals surface area contributed by atoms with Gasteiger partial charge in [-0.3, -0.25) is 0 Å². The first kappa shape index (κ1) is 13.1. The minimum absolute atomic E-state index is 0.139. The van der Waals surface area contributed by atoms with E-state index in [1.54, 1.807) is 6.92 Å². The van der Waals surface area contributed by atoms with Crippen LogP contribution in [0.25, 0.3) is 0 Å². The number of aliphatic hydroxyl groups excluding tert-OH is 1. The highest BCUT2D eigenvalue weighted by molar-refractivity contribution is 7.89. The summed E-state index contributed by atoms with van der Waals surface area (Å²) in [5, 5.41) is 8.89. The molecule has 0 spiro atoms. The van der Waals surface area contributed by atoms with Crippen molar-refractivity contribution in [2.45, 2.75) is 24.3 Å². The molecule has 0 aliphatic rings. The maximum absolute atomic E-state index is 12.9. The van der Waals surface area contributed by atoms with Gasteiger partial charge in [-0.2, -0.15) is 0 Å². The van der Waals surface area contributed by atoms with Crippen molar-refractivity contribution >= 4 is 10.0 Å². The van der Waals surface area contributed by atoms with Crippen LogP contribution in [0, 0.1) is 5.82 Å². The van der Waals surface area contributed by atoms with E-state index in [9.17, 15) is 12.8 Å². The van der Waals surface area contributed by atoms with E-state index in [0.717, 1.165) is 6.07 Å². The molecule has 0 saturated carbocycles. The average Bonchev–Trinajstić information content (AvgIpc) is 2.26. The predicted octanol–water partition coefficient (Wildman–Crippen LogP) is 0.875. The summed E-state index contributed by atoms with van der Waals surface area (Å²) in [4.78, 5) is -0.139. The lowest BCUT2D eigenvalue weighted by molar-refractivity contribution is 0.254. The molecule has 2 N–H and O–H groups in total. The van der Waals surface area contributed by atoms with Gasteiger partial charge in [-0.25, -0.2) is 17.5 Å². The van der Waals surface area contributed by atoms with Gasteiger partial charge in [0.25, 0.3) is 0 Å². The van der Waals surface area contributed by atoms with Gasteiger partial charge >= 0.3 is 0 Å². The molecular formula is C10H14FNO3S. The molecule has 6 heteroatoms. The molecule has 0 heterocycles. The van der Waals surface area contributed by atoms with Crippen molar-refractivity contribution in [1.29, 1.82) is 0 Å². The van der Waals surface area contributed by atoms with Crippen molar-refractivity contribution < 1.29 is 17.9 Å². The highest BCUT2D eigenvalue weighted by Crippen LogP contribution is 2.11. The number of benzene rings is 1. The quantitative estimate of drug-likeness (QED) is 0.811. The van der Waals surface area contributed by atoms with Crippen LogP contribution in [0.2, 0.25) is 0 Å². The summed E-state index contributed by atoms with van der Waals surface area (Å²) in [5.41, 5.74) is 0. The predicted molar refractivity (Wildman–Crippen MR) is 57.9 cm³/mol. The van der Waals surface area contributed by atoms with Crippen molar-refractivity contribution in [1.82, 2.24) is 4.72 Å². The van der Waals surface area contributed by atoms with Crippen molar-refractivity contribution in [3.63, 3.8) is 0 Å². The molecule has 16 heavy (non-hydrogen) atoms. The van der Waals surface area contributed by atoms with Gasteiger partial charge in [0.05, 0.1) is 11.5 Å². The summed E-state index contributed by atoms with van der Waals surface area (Å²) >= 11 is 0. The molecule has 1 aromatic rings. The van der Waals surface area contributed by atoms with Crippen LogP contribution in [-0.4, -0.2) is 26.2 Å². The Kier molecular flexibility index (Phi) is 4.40. The highest BCUT2D eigenvalue weighted by atomic mass is 32.2. The van der Waals surface area contributed by atoms with Crippen LogP contribution in [0.1, 0.15) is 13.3 Å². The number of rotatable bonds is 5. The molecule has 0 bridgehead atoms. The first-order valence-electron chi connectivity index (χ1n) is 4.88. The molecule has 0 aromatic heterocycles. The summed E-state index contributed by atoms with van der Waals surface area (Å²) < 4.78 is 38.6.